The molecule has 0 spiro atoms. The molecule has 0 radical (unpaired) electrons. The quantitative estimate of drug-likeness (QED) is 0.500. The van der Waals surface area contributed by atoms with Crippen molar-refractivity contribution in [3.63, 3.8) is 0 Å². The zero-order chi connectivity index (χ0) is 18.6. The summed E-state index contributed by atoms with van der Waals surface area (Å²) in [4.78, 5) is 0. The SMILES string of the molecule is C=CCOC1CCC2CC(c3ccc4c(c3)CCC(CCC)C4)CCC2C1. The lowest BCUT2D eigenvalue weighted by Gasteiger charge is -2.42. The van der Waals surface area contributed by atoms with Crippen molar-refractivity contribution in [2.24, 2.45) is 17.8 Å². The van der Waals surface area contributed by atoms with E-state index in [2.05, 4.69) is 31.7 Å². The zero-order valence-electron chi connectivity index (χ0n) is 17.3. The van der Waals surface area contributed by atoms with Crippen LogP contribution in [0.1, 0.15) is 87.3 Å². The monoisotopic (exact) mass is 366 g/mol. The van der Waals surface area contributed by atoms with Crippen molar-refractivity contribution >= 4 is 0 Å². The highest BCUT2D eigenvalue weighted by atomic mass is 16.5. The summed E-state index contributed by atoms with van der Waals surface area (Å²) >= 11 is 0. The number of rotatable bonds is 6. The van der Waals surface area contributed by atoms with Crippen LogP contribution in [-0.2, 0) is 17.6 Å². The maximum absolute atomic E-state index is 5.96. The number of hydrogen-bond donors (Lipinski definition) is 0. The van der Waals surface area contributed by atoms with Crippen molar-refractivity contribution < 1.29 is 4.74 Å². The van der Waals surface area contributed by atoms with Crippen molar-refractivity contribution in [1.29, 1.82) is 0 Å². The molecule has 2 fully saturated rings. The van der Waals surface area contributed by atoms with Crippen molar-refractivity contribution in [2.45, 2.75) is 89.6 Å². The first-order valence-electron chi connectivity index (χ1n) is 11.6. The van der Waals surface area contributed by atoms with Crippen LogP contribution in [0, 0.1) is 17.8 Å². The van der Waals surface area contributed by atoms with E-state index in [9.17, 15) is 0 Å². The molecule has 1 aromatic rings. The van der Waals surface area contributed by atoms with E-state index in [1.165, 1.54) is 70.6 Å². The molecule has 0 N–H and O–H groups in total. The summed E-state index contributed by atoms with van der Waals surface area (Å²) in [6.45, 7) is 6.84. The first-order valence-corrected chi connectivity index (χ1v) is 11.6. The molecule has 1 nitrogen and oxygen atoms in total. The molecule has 5 atom stereocenters. The number of aryl methyl sites for hydroxylation is 1. The molecule has 0 aliphatic heterocycles. The molecule has 2 saturated carbocycles. The molecule has 0 bridgehead atoms. The minimum Gasteiger partial charge on any atom is -0.374 e. The van der Waals surface area contributed by atoms with Crippen molar-refractivity contribution in [3.8, 4) is 0 Å². The Morgan fingerprint density at radius 1 is 1.04 bits per heavy atom. The number of ether oxygens (including phenoxy) is 1. The van der Waals surface area contributed by atoms with Crippen LogP contribution in [0.15, 0.2) is 30.9 Å². The van der Waals surface area contributed by atoms with Gasteiger partial charge in [0.25, 0.3) is 0 Å². The Labute approximate surface area is 166 Å². The molecular weight excluding hydrogens is 328 g/mol. The van der Waals surface area contributed by atoms with Crippen LogP contribution in [0.25, 0.3) is 0 Å². The van der Waals surface area contributed by atoms with Crippen LogP contribution in [-0.4, -0.2) is 12.7 Å². The largest absolute Gasteiger partial charge is 0.374 e. The van der Waals surface area contributed by atoms with Gasteiger partial charge in [-0.25, -0.2) is 0 Å². The molecule has 0 heterocycles. The second kappa shape index (κ2) is 8.95. The van der Waals surface area contributed by atoms with E-state index in [1.807, 2.05) is 6.08 Å². The lowest BCUT2D eigenvalue weighted by Crippen LogP contribution is -2.33. The van der Waals surface area contributed by atoms with E-state index in [0.717, 1.165) is 30.3 Å². The van der Waals surface area contributed by atoms with Gasteiger partial charge in [-0.05, 0) is 98.1 Å². The predicted molar refractivity (Wildman–Crippen MR) is 114 cm³/mol. The summed E-state index contributed by atoms with van der Waals surface area (Å²) in [5.41, 5.74) is 4.96. The fourth-order valence-corrected chi connectivity index (χ4v) is 6.26. The second-order valence-electron chi connectivity index (χ2n) is 9.51. The van der Waals surface area contributed by atoms with Gasteiger partial charge in [0, 0.05) is 0 Å². The first kappa shape index (κ1) is 19.2. The molecule has 0 saturated heterocycles. The van der Waals surface area contributed by atoms with Gasteiger partial charge < -0.3 is 4.74 Å². The Hall–Kier alpha value is -1.08. The average molecular weight is 367 g/mol. The van der Waals surface area contributed by atoms with E-state index in [0.29, 0.717) is 6.10 Å². The van der Waals surface area contributed by atoms with Crippen LogP contribution < -0.4 is 0 Å². The molecule has 27 heavy (non-hydrogen) atoms. The van der Waals surface area contributed by atoms with Crippen LogP contribution in [0.3, 0.4) is 0 Å². The molecule has 3 aliphatic rings. The number of benzene rings is 1. The molecule has 0 amide bonds. The molecule has 1 aromatic carbocycles. The highest BCUT2D eigenvalue weighted by Gasteiger charge is 2.36. The van der Waals surface area contributed by atoms with Gasteiger partial charge in [0.2, 0.25) is 0 Å². The standard InChI is InChI=1S/C26H38O/c1-3-5-19-6-7-21-16-22(9-8-20(21)15-19)23-10-11-25-18-26(27-14-4-2)13-12-24(25)17-23/h4,8-9,16,19,23-26H,2-3,5-7,10-15,17-18H2,1H3. The topological polar surface area (TPSA) is 9.23 Å². The number of fused-ring (bicyclic) bond motifs is 2. The third-order valence-electron chi connectivity index (χ3n) is 7.74. The van der Waals surface area contributed by atoms with Crippen molar-refractivity contribution in [3.05, 3.63) is 47.5 Å². The lowest BCUT2D eigenvalue weighted by atomic mass is 9.65. The minimum atomic E-state index is 0.487. The van der Waals surface area contributed by atoms with E-state index < -0.39 is 0 Å². The Balaban J connectivity index is 1.36. The van der Waals surface area contributed by atoms with Gasteiger partial charge in [0.1, 0.15) is 0 Å². The number of hydrogen-bond acceptors (Lipinski definition) is 1. The second-order valence-corrected chi connectivity index (χ2v) is 9.51. The van der Waals surface area contributed by atoms with Crippen LogP contribution in [0.4, 0.5) is 0 Å². The predicted octanol–water partition coefficient (Wildman–Crippen LogP) is 6.85. The van der Waals surface area contributed by atoms with E-state index >= 15 is 0 Å². The highest BCUT2D eigenvalue weighted by molar-refractivity contribution is 5.36. The smallest absolute Gasteiger partial charge is 0.0648 e. The summed E-state index contributed by atoms with van der Waals surface area (Å²) in [5, 5.41) is 0. The molecule has 0 aromatic heterocycles. The van der Waals surface area contributed by atoms with E-state index in [4.69, 9.17) is 4.74 Å². The normalized spacial score (nSPS) is 33.1. The molecule has 3 aliphatic carbocycles. The zero-order valence-corrected chi connectivity index (χ0v) is 17.3. The van der Waals surface area contributed by atoms with Gasteiger partial charge in [-0.15, -0.1) is 6.58 Å². The Bertz CT molecular complexity index is 633. The summed E-state index contributed by atoms with van der Waals surface area (Å²) < 4.78 is 5.96. The molecule has 5 unspecified atom stereocenters. The highest BCUT2D eigenvalue weighted by Crippen LogP contribution is 2.47. The van der Waals surface area contributed by atoms with Gasteiger partial charge in [-0.2, -0.15) is 0 Å². The van der Waals surface area contributed by atoms with Gasteiger partial charge in [-0.3, -0.25) is 0 Å². The Kier molecular flexibility index (Phi) is 6.38. The Morgan fingerprint density at radius 3 is 2.74 bits per heavy atom. The van der Waals surface area contributed by atoms with Crippen LogP contribution >= 0.6 is 0 Å². The lowest BCUT2D eigenvalue weighted by molar-refractivity contribution is -0.00310. The summed E-state index contributed by atoms with van der Waals surface area (Å²) in [6.07, 6.45) is 17.3. The van der Waals surface area contributed by atoms with E-state index in [1.54, 1.807) is 16.7 Å². The third kappa shape index (κ3) is 4.50. The summed E-state index contributed by atoms with van der Waals surface area (Å²) in [6, 6.07) is 7.57. The maximum atomic E-state index is 5.96. The molecule has 1 heteroatoms. The van der Waals surface area contributed by atoms with Gasteiger partial charge >= 0.3 is 0 Å². The molecule has 4 rings (SSSR count). The fraction of sp³-hybridized carbons (Fsp3) is 0.692. The van der Waals surface area contributed by atoms with Crippen molar-refractivity contribution in [2.75, 3.05) is 6.61 Å². The fourth-order valence-electron chi connectivity index (χ4n) is 6.26. The third-order valence-corrected chi connectivity index (χ3v) is 7.74. The van der Waals surface area contributed by atoms with Crippen molar-refractivity contribution in [1.82, 2.24) is 0 Å². The Morgan fingerprint density at radius 2 is 1.89 bits per heavy atom. The van der Waals surface area contributed by atoms with E-state index in [-0.39, 0.29) is 0 Å². The van der Waals surface area contributed by atoms with Gasteiger partial charge in [0.15, 0.2) is 0 Å². The summed E-state index contributed by atoms with van der Waals surface area (Å²) in [5.74, 6) is 3.56. The summed E-state index contributed by atoms with van der Waals surface area (Å²) in [7, 11) is 0. The molecule has 148 valence electrons. The first-order chi connectivity index (χ1) is 13.3. The van der Waals surface area contributed by atoms with Crippen LogP contribution in [0.2, 0.25) is 0 Å². The minimum absolute atomic E-state index is 0.487. The average Bonchev–Trinajstić information content (AvgIpc) is 2.71. The molecular formula is C26H38O. The van der Waals surface area contributed by atoms with Crippen LogP contribution in [0.5, 0.6) is 0 Å². The maximum Gasteiger partial charge on any atom is 0.0648 e. The van der Waals surface area contributed by atoms with Gasteiger partial charge in [-0.1, -0.05) is 44.0 Å². The van der Waals surface area contributed by atoms with Gasteiger partial charge in [0.05, 0.1) is 12.7 Å².